The Hall–Kier alpha value is -1.21. The van der Waals surface area contributed by atoms with E-state index in [1.807, 2.05) is 6.92 Å². The van der Waals surface area contributed by atoms with Gasteiger partial charge in [0.1, 0.15) is 0 Å². The van der Waals surface area contributed by atoms with Crippen LogP contribution < -0.4 is 0 Å². The summed E-state index contributed by atoms with van der Waals surface area (Å²) in [5, 5.41) is 0. The van der Waals surface area contributed by atoms with E-state index in [2.05, 4.69) is 0 Å². The number of morpholine rings is 1. The number of halogens is 3. The lowest BCUT2D eigenvalue weighted by atomic mass is 10.2. The topological polar surface area (TPSA) is 29.5 Å². The number of hydrogen-bond donors (Lipinski definition) is 0. The predicted molar refractivity (Wildman–Crippen MR) is 69.7 cm³/mol. The maximum absolute atomic E-state index is 12.2. The molecule has 1 fully saturated rings. The fourth-order valence-electron chi connectivity index (χ4n) is 1.98. The van der Waals surface area contributed by atoms with Crippen LogP contribution in [-0.2, 0) is 4.74 Å². The van der Waals surface area contributed by atoms with Gasteiger partial charge in [0, 0.05) is 23.5 Å². The van der Waals surface area contributed by atoms with E-state index in [4.69, 9.17) is 4.74 Å². The van der Waals surface area contributed by atoms with Crippen LogP contribution in [0.25, 0.3) is 0 Å². The molecule has 1 atom stereocenters. The van der Waals surface area contributed by atoms with Crippen LogP contribution in [0.3, 0.4) is 0 Å². The standard InChI is InChI=1S/C13H14F3NO2S/c1-9-8-17(6-7-19-9)12(18)10-2-4-11(5-3-10)20-13(14,15)16/h2-5,9H,6-8H2,1H3. The monoisotopic (exact) mass is 305 g/mol. The van der Waals surface area contributed by atoms with Gasteiger partial charge in [-0.05, 0) is 43.0 Å². The number of benzene rings is 1. The Morgan fingerprint density at radius 2 is 2.00 bits per heavy atom. The summed E-state index contributed by atoms with van der Waals surface area (Å²) in [4.78, 5) is 13.9. The number of thioether (sulfide) groups is 1. The molecule has 1 saturated heterocycles. The van der Waals surface area contributed by atoms with Gasteiger partial charge in [-0.15, -0.1) is 0 Å². The van der Waals surface area contributed by atoms with E-state index in [1.54, 1.807) is 4.90 Å². The molecule has 0 spiro atoms. The number of carbonyl (C=O) groups excluding carboxylic acids is 1. The normalized spacial score (nSPS) is 20.0. The second-order valence-corrected chi connectivity index (χ2v) is 5.64. The summed E-state index contributed by atoms with van der Waals surface area (Å²) in [6, 6.07) is 5.48. The van der Waals surface area contributed by atoms with Crippen LogP contribution in [0.5, 0.6) is 0 Å². The number of nitrogens with zero attached hydrogens (tertiary/aromatic N) is 1. The van der Waals surface area contributed by atoms with Gasteiger partial charge in [0.15, 0.2) is 0 Å². The second-order valence-electron chi connectivity index (χ2n) is 4.50. The molecule has 20 heavy (non-hydrogen) atoms. The summed E-state index contributed by atoms with van der Waals surface area (Å²) in [5.41, 5.74) is -3.92. The highest BCUT2D eigenvalue weighted by atomic mass is 32.2. The van der Waals surface area contributed by atoms with Crippen molar-refractivity contribution in [2.75, 3.05) is 19.7 Å². The summed E-state index contributed by atoms with van der Waals surface area (Å²) < 4.78 is 42.0. The molecule has 0 aromatic heterocycles. The Bertz CT molecular complexity index is 475. The second kappa shape index (κ2) is 6.05. The Labute approximate surface area is 119 Å². The van der Waals surface area contributed by atoms with Crippen molar-refractivity contribution in [1.29, 1.82) is 0 Å². The number of amides is 1. The van der Waals surface area contributed by atoms with Crippen molar-refractivity contribution in [2.45, 2.75) is 23.4 Å². The molecule has 1 aromatic rings. The molecule has 2 rings (SSSR count). The zero-order chi connectivity index (χ0) is 14.8. The number of rotatable bonds is 2. The van der Waals surface area contributed by atoms with E-state index in [9.17, 15) is 18.0 Å². The van der Waals surface area contributed by atoms with Crippen LogP contribution >= 0.6 is 11.8 Å². The van der Waals surface area contributed by atoms with Crippen LogP contribution in [0.4, 0.5) is 13.2 Å². The van der Waals surface area contributed by atoms with E-state index in [0.717, 1.165) is 0 Å². The average Bonchev–Trinajstić information content (AvgIpc) is 2.37. The van der Waals surface area contributed by atoms with Gasteiger partial charge in [0.2, 0.25) is 0 Å². The minimum absolute atomic E-state index is 0.0206. The molecular formula is C13H14F3NO2S. The summed E-state index contributed by atoms with van der Waals surface area (Å²) >= 11 is -0.188. The van der Waals surface area contributed by atoms with Crippen molar-refractivity contribution in [3.63, 3.8) is 0 Å². The van der Waals surface area contributed by atoms with Crippen molar-refractivity contribution in [2.24, 2.45) is 0 Å². The Balaban J connectivity index is 2.04. The Kier molecular flexibility index (Phi) is 4.59. The minimum atomic E-state index is -4.31. The average molecular weight is 305 g/mol. The fraction of sp³-hybridized carbons (Fsp3) is 0.462. The van der Waals surface area contributed by atoms with Gasteiger partial charge in [-0.1, -0.05) is 0 Å². The third-order valence-corrected chi connectivity index (χ3v) is 3.60. The summed E-state index contributed by atoms with van der Waals surface area (Å²) in [6.07, 6.45) is -0.0206. The minimum Gasteiger partial charge on any atom is -0.375 e. The van der Waals surface area contributed by atoms with Gasteiger partial charge in [-0.2, -0.15) is 13.2 Å². The van der Waals surface area contributed by atoms with E-state index in [1.165, 1.54) is 24.3 Å². The first-order valence-electron chi connectivity index (χ1n) is 6.12. The van der Waals surface area contributed by atoms with Crippen molar-refractivity contribution >= 4 is 17.7 Å². The number of carbonyl (C=O) groups is 1. The first kappa shape index (κ1) is 15.2. The van der Waals surface area contributed by atoms with Gasteiger partial charge in [-0.3, -0.25) is 4.79 Å². The van der Waals surface area contributed by atoms with Crippen molar-refractivity contribution in [3.8, 4) is 0 Å². The van der Waals surface area contributed by atoms with E-state index >= 15 is 0 Å². The largest absolute Gasteiger partial charge is 0.446 e. The molecule has 0 aliphatic carbocycles. The molecule has 1 unspecified atom stereocenters. The van der Waals surface area contributed by atoms with Crippen LogP contribution in [-0.4, -0.2) is 42.1 Å². The highest BCUT2D eigenvalue weighted by molar-refractivity contribution is 8.00. The first-order valence-corrected chi connectivity index (χ1v) is 6.93. The predicted octanol–water partition coefficient (Wildman–Crippen LogP) is 3.16. The molecule has 1 amide bonds. The van der Waals surface area contributed by atoms with E-state index < -0.39 is 5.51 Å². The molecule has 0 bridgehead atoms. The highest BCUT2D eigenvalue weighted by Crippen LogP contribution is 2.36. The van der Waals surface area contributed by atoms with E-state index in [0.29, 0.717) is 25.3 Å². The number of hydrogen-bond acceptors (Lipinski definition) is 3. The zero-order valence-corrected chi connectivity index (χ0v) is 11.6. The quantitative estimate of drug-likeness (QED) is 0.786. The molecule has 1 aliphatic heterocycles. The molecule has 0 N–H and O–H groups in total. The van der Waals surface area contributed by atoms with Gasteiger partial charge in [0.25, 0.3) is 5.91 Å². The lowest BCUT2D eigenvalue weighted by molar-refractivity contribution is -0.0328. The summed E-state index contributed by atoms with van der Waals surface area (Å²) in [5.74, 6) is -0.177. The van der Waals surface area contributed by atoms with Crippen molar-refractivity contribution in [1.82, 2.24) is 4.90 Å². The number of alkyl halides is 3. The smallest absolute Gasteiger partial charge is 0.375 e. The molecule has 110 valence electrons. The Morgan fingerprint density at radius 3 is 2.55 bits per heavy atom. The van der Waals surface area contributed by atoms with Crippen LogP contribution in [0, 0.1) is 0 Å². The van der Waals surface area contributed by atoms with Gasteiger partial charge >= 0.3 is 5.51 Å². The van der Waals surface area contributed by atoms with Crippen molar-refractivity contribution in [3.05, 3.63) is 29.8 Å². The number of ether oxygens (including phenoxy) is 1. The van der Waals surface area contributed by atoms with Crippen LogP contribution in [0.15, 0.2) is 29.2 Å². The molecule has 3 nitrogen and oxygen atoms in total. The van der Waals surface area contributed by atoms with Gasteiger partial charge in [0.05, 0.1) is 12.7 Å². The maximum Gasteiger partial charge on any atom is 0.446 e. The zero-order valence-electron chi connectivity index (χ0n) is 10.8. The lowest BCUT2D eigenvalue weighted by Crippen LogP contribution is -2.44. The summed E-state index contributed by atoms with van der Waals surface area (Å²) in [7, 11) is 0. The molecule has 1 aliphatic rings. The fourth-order valence-corrected chi connectivity index (χ4v) is 2.52. The lowest BCUT2D eigenvalue weighted by Gasteiger charge is -2.31. The van der Waals surface area contributed by atoms with Gasteiger partial charge in [-0.25, -0.2) is 0 Å². The molecule has 0 radical (unpaired) electrons. The SMILES string of the molecule is CC1CN(C(=O)c2ccc(SC(F)(F)F)cc2)CCO1. The van der Waals surface area contributed by atoms with Crippen molar-refractivity contribution < 1.29 is 22.7 Å². The van der Waals surface area contributed by atoms with Gasteiger partial charge < -0.3 is 9.64 Å². The molecule has 1 aromatic carbocycles. The summed E-state index contributed by atoms with van der Waals surface area (Å²) in [6.45, 7) is 3.36. The third-order valence-electron chi connectivity index (χ3n) is 2.86. The van der Waals surface area contributed by atoms with E-state index in [-0.39, 0.29) is 28.7 Å². The molecule has 7 heteroatoms. The highest BCUT2D eigenvalue weighted by Gasteiger charge is 2.29. The molecule has 1 heterocycles. The molecular weight excluding hydrogens is 291 g/mol. The van der Waals surface area contributed by atoms with Crippen LogP contribution in [0.2, 0.25) is 0 Å². The maximum atomic E-state index is 12.2. The Morgan fingerprint density at radius 1 is 1.35 bits per heavy atom. The third kappa shape index (κ3) is 4.14. The molecule has 0 saturated carbocycles. The first-order chi connectivity index (χ1) is 9.35. The van der Waals surface area contributed by atoms with Crippen LogP contribution in [0.1, 0.15) is 17.3 Å².